The van der Waals surface area contributed by atoms with Gasteiger partial charge >= 0.3 is 5.97 Å². The van der Waals surface area contributed by atoms with Gasteiger partial charge in [-0.05, 0) is 37.1 Å². The van der Waals surface area contributed by atoms with Gasteiger partial charge in [0, 0.05) is 35.9 Å². The Kier molecular flexibility index (Phi) is 5.20. The molecule has 0 saturated carbocycles. The topological polar surface area (TPSA) is 49.8 Å². The Morgan fingerprint density at radius 3 is 3.10 bits per heavy atom. The number of benzene rings is 1. The van der Waals surface area contributed by atoms with E-state index in [0.717, 1.165) is 41.8 Å². The monoisotopic (exact) mass is 339 g/mol. The molecule has 1 saturated heterocycles. The lowest BCUT2D eigenvalue weighted by atomic mass is 10.1. The van der Waals surface area contributed by atoms with Crippen molar-refractivity contribution in [3.05, 3.63) is 34.3 Å². The van der Waals surface area contributed by atoms with Crippen LogP contribution in [-0.2, 0) is 9.53 Å². The summed E-state index contributed by atoms with van der Waals surface area (Å²) in [6.07, 6.45) is 3.96. The maximum Gasteiger partial charge on any atom is 0.328 e. The largest absolute Gasteiger partial charge is 0.478 e. The molecule has 1 N–H and O–H groups in total. The van der Waals surface area contributed by atoms with Crippen molar-refractivity contribution < 1.29 is 14.6 Å². The zero-order chi connectivity index (χ0) is 14.5. The Labute approximate surface area is 127 Å². The molecule has 1 heterocycles. The molecule has 108 valence electrons. The molecule has 2 rings (SSSR count). The van der Waals surface area contributed by atoms with Crippen molar-refractivity contribution in [3.63, 3.8) is 0 Å². The smallest absolute Gasteiger partial charge is 0.328 e. The minimum Gasteiger partial charge on any atom is -0.478 e. The molecule has 1 aromatic carbocycles. The number of carboxylic acids is 1. The summed E-state index contributed by atoms with van der Waals surface area (Å²) < 4.78 is 6.64. The van der Waals surface area contributed by atoms with Gasteiger partial charge in [0.15, 0.2) is 0 Å². The third kappa shape index (κ3) is 4.08. The number of carbonyl (C=O) groups is 1. The first-order valence-electron chi connectivity index (χ1n) is 6.63. The summed E-state index contributed by atoms with van der Waals surface area (Å²) in [5.41, 5.74) is 1.94. The molecule has 1 fully saturated rings. The lowest BCUT2D eigenvalue weighted by Gasteiger charge is -2.26. The van der Waals surface area contributed by atoms with E-state index in [1.807, 2.05) is 18.2 Å². The molecule has 0 aliphatic carbocycles. The highest BCUT2D eigenvalue weighted by Gasteiger charge is 2.17. The van der Waals surface area contributed by atoms with Crippen molar-refractivity contribution in [2.45, 2.75) is 19.4 Å². The number of halogens is 1. The van der Waals surface area contributed by atoms with Crippen LogP contribution in [0.2, 0.25) is 0 Å². The minimum atomic E-state index is -0.938. The van der Waals surface area contributed by atoms with Gasteiger partial charge in [0.1, 0.15) is 0 Å². The third-order valence-corrected chi connectivity index (χ3v) is 3.68. The highest BCUT2D eigenvalue weighted by Crippen LogP contribution is 2.28. The molecule has 1 aliphatic heterocycles. The fourth-order valence-electron chi connectivity index (χ4n) is 2.31. The number of anilines is 1. The third-order valence-electron chi connectivity index (χ3n) is 3.19. The van der Waals surface area contributed by atoms with Crippen molar-refractivity contribution in [2.24, 2.45) is 0 Å². The van der Waals surface area contributed by atoms with Crippen molar-refractivity contribution >= 4 is 33.7 Å². The molecule has 0 bridgehead atoms. The standard InChI is InChI=1S/C15H18BrNO3/c1-11-10-17(7-2-8-20-11)14-9-13(16)5-3-12(14)4-6-15(18)19/h3-6,9,11H,2,7-8,10H2,1H3,(H,18,19). The van der Waals surface area contributed by atoms with Crippen molar-refractivity contribution in [3.8, 4) is 0 Å². The van der Waals surface area contributed by atoms with E-state index in [1.165, 1.54) is 6.08 Å². The lowest BCUT2D eigenvalue weighted by Crippen LogP contribution is -2.30. The molecular weight excluding hydrogens is 322 g/mol. The van der Waals surface area contributed by atoms with Crippen molar-refractivity contribution in [1.29, 1.82) is 0 Å². The van der Waals surface area contributed by atoms with Gasteiger partial charge in [-0.15, -0.1) is 0 Å². The summed E-state index contributed by atoms with van der Waals surface area (Å²) >= 11 is 3.48. The van der Waals surface area contributed by atoms with Crippen LogP contribution in [0.4, 0.5) is 5.69 Å². The van der Waals surface area contributed by atoms with Gasteiger partial charge in [0.25, 0.3) is 0 Å². The second kappa shape index (κ2) is 6.90. The molecule has 0 aromatic heterocycles. The molecule has 1 aromatic rings. The molecule has 1 unspecified atom stereocenters. The molecule has 20 heavy (non-hydrogen) atoms. The zero-order valence-electron chi connectivity index (χ0n) is 11.4. The molecule has 0 radical (unpaired) electrons. The number of carboxylic acid groups (broad SMARTS) is 1. The predicted octanol–water partition coefficient (Wildman–Crippen LogP) is 3.16. The average molecular weight is 340 g/mol. The molecular formula is C15H18BrNO3. The van der Waals surface area contributed by atoms with Crippen molar-refractivity contribution in [2.75, 3.05) is 24.6 Å². The SMILES string of the molecule is CC1CN(c2cc(Br)ccc2C=CC(=O)O)CCCO1. The highest BCUT2D eigenvalue weighted by molar-refractivity contribution is 9.10. The predicted molar refractivity (Wildman–Crippen MR) is 83.1 cm³/mol. The average Bonchev–Trinajstić information content (AvgIpc) is 2.61. The van der Waals surface area contributed by atoms with Gasteiger partial charge in [-0.2, -0.15) is 0 Å². The Morgan fingerprint density at radius 1 is 1.55 bits per heavy atom. The van der Waals surface area contributed by atoms with Crippen LogP contribution in [0.3, 0.4) is 0 Å². The summed E-state index contributed by atoms with van der Waals surface area (Å²) in [5, 5.41) is 8.79. The zero-order valence-corrected chi connectivity index (χ0v) is 13.0. The normalized spacial score (nSPS) is 20.1. The van der Waals surface area contributed by atoms with Crippen LogP contribution in [0.5, 0.6) is 0 Å². The maximum absolute atomic E-state index is 10.7. The van der Waals surface area contributed by atoms with E-state index >= 15 is 0 Å². The minimum absolute atomic E-state index is 0.174. The van der Waals surface area contributed by atoms with Crippen LogP contribution >= 0.6 is 15.9 Å². The van der Waals surface area contributed by atoms with E-state index < -0.39 is 5.97 Å². The first-order chi connectivity index (χ1) is 9.56. The number of ether oxygens (including phenoxy) is 1. The summed E-state index contributed by atoms with van der Waals surface area (Å²) in [7, 11) is 0. The molecule has 1 aliphatic rings. The molecule has 1 atom stereocenters. The van der Waals surface area contributed by atoms with Crippen LogP contribution < -0.4 is 4.90 Å². The number of rotatable bonds is 3. The molecule has 5 heteroatoms. The van der Waals surface area contributed by atoms with Crippen LogP contribution in [-0.4, -0.2) is 36.9 Å². The van der Waals surface area contributed by atoms with Gasteiger partial charge in [-0.25, -0.2) is 4.79 Å². The van der Waals surface area contributed by atoms with Gasteiger partial charge in [0.2, 0.25) is 0 Å². The Hall–Kier alpha value is -1.33. The summed E-state index contributed by atoms with van der Waals surface area (Å²) in [4.78, 5) is 13.0. The van der Waals surface area contributed by atoms with E-state index in [4.69, 9.17) is 9.84 Å². The Bertz CT molecular complexity index is 516. The van der Waals surface area contributed by atoms with E-state index in [2.05, 4.69) is 27.8 Å². The quantitative estimate of drug-likeness (QED) is 0.859. The first-order valence-corrected chi connectivity index (χ1v) is 7.42. The van der Waals surface area contributed by atoms with Crippen LogP contribution in [0, 0.1) is 0 Å². The van der Waals surface area contributed by atoms with E-state index in [9.17, 15) is 4.79 Å². The number of nitrogens with zero attached hydrogens (tertiary/aromatic N) is 1. The summed E-state index contributed by atoms with van der Waals surface area (Å²) in [6.45, 7) is 4.55. The van der Waals surface area contributed by atoms with Gasteiger partial charge in [-0.3, -0.25) is 0 Å². The van der Waals surface area contributed by atoms with Gasteiger partial charge in [-0.1, -0.05) is 22.0 Å². The number of hydrogen-bond donors (Lipinski definition) is 1. The van der Waals surface area contributed by atoms with Crippen LogP contribution in [0.25, 0.3) is 6.08 Å². The highest BCUT2D eigenvalue weighted by atomic mass is 79.9. The van der Waals surface area contributed by atoms with E-state index in [1.54, 1.807) is 6.08 Å². The summed E-state index contributed by atoms with van der Waals surface area (Å²) in [6, 6.07) is 5.87. The molecule has 4 nitrogen and oxygen atoms in total. The van der Waals surface area contributed by atoms with Gasteiger partial charge in [0.05, 0.1) is 6.10 Å². The lowest BCUT2D eigenvalue weighted by molar-refractivity contribution is -0.131. The summed E-state index contributed by atoms with van der Waals surface area (Å²) in [5.74, 6) is -0.938. The van der Waals surface area contributed by atoms with E-state index in [0.29, 0.717) is 0 Å². The second-order valence-corrected chi connectivity index (χ2v) is 5.77. The van der Waals surface area contributed by atoms with Crippen molar-refractivity contribution in [1.82, 2.24) is 0 Å². The number of aliphatic carboxylic acids is 1. The molecule has 0 spiro atoms. The maximum atomic E-state index is 10.7. The van der Waals surface area contributed by atoms with E-state index in [-0.39, 0.29) is 6.10 Å². The first kappa shape index (κ1) is 15.1. The molecule has 0 amide bonds. The second-order valence-electron chi connectivity index (χ2n) is 4.86. The fraction of sp³-hybridized carbons (Fsp3) is 0.400. The number of hydrogen-bond acceptors (Lipinski definition) is 3. The van der Waals surface area contributed by atoms with Gasteiger partial charge < -0.3 is 14.7 Å². The van der Waals surface area contributed by atoms with Crippen LogP contribution in [0.15, 0.2) is 28.7 Å². The fourth-order valence-corrected chi connectivity index (χ4v) is 2.65. The van der Waals surface area contributed by atoms with Crippen LogP contribution in [0.1, 0.15) is 18.9 Å². The Balaban J connectivity index is 2.32. The Morgan fingerprint density at radius 2 is 2.35 bits per heavy atom.